The lowest BCUT2D eigenvalue weighted by Gasteiger charge is -2.03. The molecule has 2 heterocycles. The van der Waals surface area contributed by atoms with Gasteiger partial charge in [0.05, 0.1) is 6.54 Å². The van der Waals surface area contributed by atoms with Crippen molar-refractivity contribution in [1.29, 1.82) is 0 Å². The molecule has 1 aromatic heterocycles. The number of rotatable bonds is 1. The Kier molecular flexibility index (Phi) is 1.72. The molecule has 0 saturated carbocycles. The van der Waals surface area contributed by atoms with Crippen molar-refractivity contribution in [3.8, 4) is 0 Å². The lowest BCUT2D eigenvalue weighted by Crippen LogP contribution is -2.12. The summed E-state index contributed by atoms with van der Waals surface area (Å²) in [5.74, 6) is 0. The quantitative estimate of drug-likeness (QED) is 0.686. The second kappa shape index (κ2) is 2.76. The highest BCUT2D eigenvalue weighted by atomic mass is 16.6. The van der Waals surface area contributed by atoms with Gasteiger partial charge in [0.1, 0.15) is 5.69 Å². The number of nitrogens with one attached hydrogen (secondary N) is 1. The Bertz CT molecular complexity index is 345. The van der Waals surface area contributed by atoms with Crippen LogP contribution in [-0.2, 0) is 11.8 Å². The second-order valence-corrected chi connectivity index (χ2v) is 3.15. The van der Waals surface area contributed by atoms with E-state index in [9.17, 15) is 4.79 Å². The van der Waals surface area contributed by atoms with Crippen LogP contribution in [0.3, 0.4) is 0 Å². The Morgan fingerprint density at radius 3 is 3.00 bits per heavy atom. The first kappa shape index (κ1) is 8.10. The zero-order valence-corrected chi connectivity index (χ0v) is 7.57. The van der Waals surface area contributed by atoms with E-state index in [-0.39, 0.29) is 12.2 Å². The van der Waals surface area contributed by atoms with Gasteiger partial charge in [-0.2, -0.15) is 5.10 Å². The number of hydrogen-bond acceptors (Lipinski definition) is 3. The Hall–Kier alpha value is -1.52. The van der Waals surface area contributed by atoms with E-state index in [1.807, 2.05) is 20.2 Å². The number of carbonyl (C=O) groups is 1. The molecule has 0 bridgehead atoms. The van der Waals surface area contributed by atoms with Crippen molar-refractivity contribution >= 4 is 6.09 Å². The number of cyclic esters (lactones) is 1. The van der Waals surface area contributed by atoms with Crippen molar-refractivity contribution in [3.05, 3.63) is 17.5 Å². The highest BCUT2D eigenvalue weighted by Gasteiger charge is 2.27. The maximum Gasteiger partial charge on any atom is 0.408 e. The molecule has 13 heavy (non-hydrogen) atoms. The van der Waals surface area contributed by atoms with E-state index in [1.54, 1.807) is 4.68 Å². The summed E-state index contributed by atoms with van der Waals surface area (Å²) in [6.45, 7) is 2.46. The molecule has 1 aliphatic heterocycles. The smallest absolute Gasteiger partial charge is 0.408 e. The Balaban J connectivity index is 2.25. The Morgan fingerprint density at radius 1 is 1.77 bits per heavy atom. The van der Waals surface area contributed by atoms with E-state index in [0.717, 1.165) is 11.3 Å². The summed E-state index contributed by atoms with van der Waals surface area (Å²) < 4.78 is 6.73. The topological polar surface area (TPSA) is 56.2 Å². The van der Waals surface area contributed by atoms with E-state index in [2.05, 4.69) is 10.4 Å². The Labute approximate surface area is 75.7 Å². The summed E-state index contributed by atoms with van der Waals surface area (Å²) in [6.07, 6.45) is 1.31. The third-order valence-corrected chi connectivity index (χ3v) is 2.04. The molecule has 5 nitrogen and oxygen atoms in total. The number of carbonyl (C=O) groups excluding carboxylic acids is 1. The minimum Gasteiger partial charge on any atom is -0.438 e. The number of ether oxygens (including phenoxy) is 1. The molecule has 1 aliphatic rings. The number of hydrogen-bond donors (Lipinski definition) is 1. The molecule has 1 aromatic rings. The van der Waals surface area contributed by atoms with Crippen LogP contribution in [-0.4, -0.2) is 22.4 Å². The molecule has 5 heteroatoms. The first-order valence-corrected chi connectivity index (χ1v) is 4.11. The van der Waals surface area contributed by atoms with Crippen LogP contribution in [0.5, 0.6) is 0 Å². The number of nitrogens with zero attached hydrogens (tertiary/aromatic N) is 2. The van der Waals surface area contributed by atoms with Crippen molar-refractivity contribution in [1.82, 2.24) is 15.1 Å². The van der Waals surface area contributed by atoms with Crippen LogP contribution in [0, 0.1) is 6.92 Å². The summed E-state index contributed by atoms with van der Waals surface area (Å²) in [4.78, 5) is 10.8. The average molecular weight is 181 g/mol. The van der Waals surface area contributed by atoms with Crippen molar-refractivity contribution in [3.63, 3.8) is 0 Å². The van der Waals surface area contributed by atoms with Gasteiger partial charge in [-0.3, -0.25) is 4.68 Å². The molecular weight excluding hydrogens is 170 g/mol. The number of alkyl carbamates (subject to hydrolysis) is 1. The largest absolute Gasteiger partial charge is 0.438 e. The second-order valence-electron chi connectivity index (χ2n) is 3.15. The van der Waals surface area contributed by atoms with Gasteiger partial charge in [0.25, 0.3) is 0 Å². The molecule has 1 amide bonds. The van der Waals surface area contributed by atoms with Crippen molar-refractivity contribution in [2.75, 3.05) is 6.54 Å². The first-order chi connectivity index (χ1) is 6.16. The van der Waals surface area contributed by atoms with E-state index in [1.165, 1.54) is 0 Å². The zero-order valence-electron chi connectivity index (χ0n) is 7.57. The monoisotopic (exact) mass is 181 g/mol. The van der Waals surface area contributed by atoms with Gasteiger partial charge in [0.15, 0.2) is 6.10 Å². The third kappa shape index (κ3) is 1.37. The highest BCUT2D eigenvalue weighted by Crippen LogP contribution is 2.21. The normalized spacial score (nSPS) is 21.4. The molecule has 0 spiro atoms. The van der Waals surface area contributed by atoms with Gasteiger partial charge in [-0.15, -0.1) is 0 Å². The molecule has 1 atom stereocenters. The fourth-order valence-corrected chi connectivity index (χ4v) is 1.48. The van der Waals surface area contributed by atoms with Gasteiger partial charge in [-0.1, -0.05) is 0 Å². The van der Waals surface area contributed by atoms with Gasteiger partial charge in [0.2, 0.25) is 0 Å². The number of aromatic nitrogens is 2. The first-order valence-electron chi connectivity index (χ1n) is 4.11. The minimum atomic E-state index is -0.366. The zero-order chi connectivity index (χ0) is 9.42. The van der Waals surface area contributed by atoms with Gasteiger partial charge >= 0.3 is 6.09 Å². The fourth-order valence-electron chi connectivity index (χ4n) is 1.48. The lowest BCUT2D eigenvalue weighted by molar-refractivity contribution is 0.138. The fraction of sp³-hybridized carbons (Fsp3) is 0.500. The van der Waals surface area contributed by atoms with Crippen molar-refractivity contribution in [2.45, 2.75) is 13.0 Å². The van der Waals surface area contributed by atoms with Crippen molar-refractivity contribution in [2.24, 2.45) is 7.05 Å². The lowest BCUT2D eigenvalue weighted by atomic mass is 10.2. The standard InChI is InChI=1S/C8H11N3O2/c1-5-4-11(2)10-7(5)6-3-9-8(12)13-6/h4,6H,3H2,1-2H3,(H,9,12). The maximum absolute atomic E-state index is 10.8. The average Bonchev–Trinajstić information content (AvgIpc) is 2.58. The van der Waals surface area contributed by atoms with Crippen LogP contribution in [0.4, 0.5) is 4.79 Å². The molecule has 0 aromatic carbocycles. The molecule has 1 N–H and O–H groups in total. The summed E-state index contributed by atoms with van der Waals surface area (Å²) in [5, 5.41) is 6.82. The molecule has 2 rings (SSSR count). The summed E-state index contributed by atoms with van der Waals surface area (Å²) in [7, 11) is 1.85. The van der Waals surface area contributed by atoms with Crippen molar-refractivity contribution < 1.29 is 9.53 Å². The summed E-state index contributed by atoms with van der Waals surface area (Å²) in [6, 6.07) is 0. The van der Waals surface area contributed by atoms with Gasteiger partial charge in [0, 0.05) is 13.2 Å². The molecule has 0 radical (unpaired) electrons. The van der Waals surface area contributed by atoms with E-state index < -0.39 is 0 Å². The number of amides is 1. The van der Waals surface area contributed by atoms with Crippen LogP contribution >= 0.6 is 0 Å². The maximum atomic E-state index is 10.8. The van der Waals surface area contributed by atoms with Crippen LogP contribution in [0.15, 0.2) is 6.20 Å². The predicted octanol–water partition coefficient (Wildman–Crippen LogP) is 0.509. The SMILES string of the molecule is Cc1cn(C)nc1C1CNC(=O)O1. The molecular formula is C8H11N3O2. The van der Waals surface area contributed by atoms with Crippen LogP contribution in [0.25, 0.3) is 0 Å². The van der Waals surface area contributed by atoms with E-state index in [0.29, 0.717) is 6.54 Å². The Morgan fingerprint density at radius 2 is 2.54 bits per heavy atom. The molecule has 1 saturated heterocycles. The molecule has 0 aliphatic carbocycles. The van der Waals surface area contributed by atoms with Crippen LogP contribution < -0.4 is 5.32 Å². The summed E-state index contributed by atoms with van der Waals surface area (Å²) in [5.41, 5.74) is 1.88. The van der Waals surface area contributed by atoms with Gasteiger partial charge in [-0.25, -0.2) is 4.79 Å². The molecule has 70 valence electrons. The van der Waals surface area contributed by atoms with E-state index >= 15 is 0 Å². The van der Waals surface area contributed by atoms with Crippen LogP contribution in [0.1, 0.15) is 17.4 Å². The predicted molar refractivity (Wildman–Crippen MR) is 45.2 cm³/mol. The molecule has 1 fully saturated rings. The van der Waals surface area contributed by atoms with Crippen LogP contribution in [0.2, 0.25) is 0 Å². The highest BCUT2D eigenvalue weighted by molar-refractivity contribution is 5.69. The summed E-state index contributed by atoms with van der Waals surface area (Å²) >= 11 is 0. The van der Waals surface area contributed by atoms with Gasteiger partial charge in [-0.05, 0) is 12.5 Å². The third-order valence-electron chi connectivity index (χ3n) is 2.04. The molecule has 1 unspecified atom stereocenters. The minimum absolute atomic E-state index is 0.228. The van der Waals surface area contributed by atoms with Gasteiger partial charge < -0.3 is 10.1 Å². The number of aryl methyl sites for hydroxylation is 2. The van der Waals surface area contributed by atoms with E-state index in [4.69, 9.17) is 4.74 Å².